The summed E-state index contributed by atoms with van der Waals surface area (Å²) in [5, 5.41) is 2.64. The maximum absolute atomic E-state index is 11.9. The summed E-state index contributed by atoms with van der Waals surface area (Å²) in [7, 11) is 1.12. The third-order valence-electron chi connectivity index (χ3n) is 2.95. The van der Waals surface area contributed by atoms with Gasteiger partial charge < -0.3 is 14.8 Å². The Morgan fingerprint density at radius 1 is 1.24 bits per heavy atom. The van der Waals surface area contributed by atoms with Crippen LogP contribution in [0.25, 0.3) is 0 Å². The first-order chi connectivity index (χ1) is 9.67. The lowest BCUT2D eigenvalue weighted by Gasteiger charge is -2.33. The third kappa shape index (κ3) is 4.68. The molecule has 0 unspecified atom stereocenters. The van der Waals surface area contributed by atoms with E-state index in [0.717, 1.165) is 7.11 Å². The van der Waals surface area contributed by atoms with Crippen LogP contribution in [0, 0.1) is 11.4 Å². The molecule has 0 saturated heterocycles. The van der Waals surface area contributed by atoms with E-state index in [4.69, 9.17) is 10.3 Å². The smallest absolute Gasteiger partial charge is 0.460 e. The van der Waals surface area contributed by atoms with E-state index in [1.807, 2.05) is 0 Å². The zero-order valence-corrected chi connectivity index (χ0v) is 12.6. The molecule has 8 nitrogen and oxygen atoms in total. The average molecular weight is 298 g/mol. The molecule has 0 aromatic rings. The molecule has 0 aromatic heterocycles. The molecule has 21 heavy (non-hydrogen) atoms. The van der Waals surface area contributed by atoms with Gasteiger partial charge in [-0.15, -0.1) is 0 Å². The summed E-state index contributed by atoms with van der Waals surface area (Å²) in [6.07, 6.45) is 0.225. The SMILES string of the molecule is COC(=O)C(=[N+]=N)C(=O)C1CC(NC(=O)OC(C)(C)C)C1. The lowest BCUT2D eigenvalue weighted by molar-refractivity contribution is -0.156. The van der Waals surface area contributed by atoms with E-state index < -0.39 is 35.1 Å². The minimum atomic E-state index is -0.918. The first kappa shape index (κ1) is 16.8. The van der Waals surface area contributed by atoms with E-state index in [-0.39, 0.29) is 6.04 Å². The summed E-state index contributed by atoms with van der Waals surface area (Å²) in [5.74, 6) is -1.88. The molecule has 1 fully saturated rings. The minimum Gasteiger partial charge on any atom is -0.460 e. The Hall–Kier alpha value is -2.21. The molecule has 1 rings (SSSR count). The van der Waals surface area contributed by atoms with Crippen LogP contribution in [-0.4, -0.2) is 47.1 Å². The average Bonchev–Trinajstić information content (AvgIpc) is 2.31. The van der Waals surface area contributed by atoms with Crippen LogP contribution in [0.4, 0.5) is 4.79 Å². The molecular formula is C13H20N3O5+. The number of rotatable bonds is 4. The lowest BCUT2D eigenvalue weighted by Crippen LogP contribution is -2.50. The predicted molar refractivity (Wildman–Crippen MR) is 70.9 cm³/mol. The number of ether oxygens (including phenoxy) is 2. The summed E-state index contributed by atoms with van der Waals surface area (Å²) in [5.41, 5.74) is 5.76. The number of alkyl carbamates (subject to hydrolysis) is 1. The first-order valence-corrected chi connectivity index (χ1v) is 6.54. The summed E-state index contributed by atoms with van der Waals surface area (Å²) < 4.78 is 9.49. The van der Waals surface area contributed by atoms with Crippen molar-refractivity contribution >= 4 is 23.6 Å². The molecule has 8 heteroatoms. The molecule has 0 bridgehead atoms. The Kier molecular flexibility index (Phi) is 5.21. The third-order valence-corrected chi connectivity index (χ3v) is 2.95. The predicted octanol–water partition coefficient (Wildman–Crippen LogP) is 0.712. The number of carbonyl (C=O) groups excluding carboxylic acids is 3. The van der Waals surface area contributed by atoms with Crippen molar-refractivity contribution in [1.82, 2.24) is 5.32 Å². The standard InChI is InChI=1S/C13H19N3O5/c1-13(2,3)21-12(19)15-8-5-7(6-8)10(17)9(16-14)11(18)20-4/h7-8,14H,5-6H2,1-4H3/p+1. The topological polar surface area (TPSA) is 120 Å². The van der Waals surface area contributed by atoms with Gasteiger partial charge in [-0.1, -0.05) is 0 Å². The second-order valence-corrected chi connectivity index (χ2v) is 5.83. The van der Waals surface area contributed by atoms with Gasteiger partial charge in [-0.25, -0.2) is 9.59 Å². The number of nitrogens with one attached hydrogen (secondary N) is 2. The molecule has 0 aliphatic heterocycles. The van der Waals surface area contributed by atoms with Crippen LogP contribution in [0.15, 0.2) is 0 Å². The molecule has 2 N–H and O–H groups in total. The Morgan fingerprint density at radius 3 is 2.24 bits per heavy atom. The van der Waals surface area contributed by atoms with Crippen molar-refractivity contribution in [3.8, 4) is 0 Å². The molecule has 1 saturated carbocycles. The van der Waals surface area contributed by atoms with Crippen molar-refractivity contribution in [2.45, 2.75) is 45.3 Å². The molecule has 1 aliphatic carbocycles. The van der Waals surface area contributed by atoms with E-state index >= 15 is 0 Å². The fourth-order valence-electron chi connectivity index (χ4n) is 1.92. The Labute approximate surface area is 122 Å². The Bertz CT molecular complexity index is 496. The van der Waals surface area contributed by atoms with Crippen LogP contribution >= 0.6 is 0 Å². The largest absolute Gasteiger partial charge is 0.490 e. The zero-order valence-electron chi connectivity index (χ0n) is 12.6. The van der Waals surface area contributed by atoms with Crippen molar-refractivity contribution in [3.05, 3.63) is 0 Å². The van der Waals surface area contributed by atoms with Gasteiger partial charge in [0.2, 0.25) is 0 Å². The van der Waals surface area contributed by atoms with Gasteiger partial charge in [0.25, 0.3) is 5.78 Å². The van der Waals surface area contributed by atoms with Crippen LogP contribution in [0.2, 0.25) is 0 Å². The van der Waals surface area contributed by atoms with Crippen molar-refractivity contribution in [3.63, 3.8) is 0 Å². The Morgan fingerprint density at radius 2 is 1.81 bits per heavy atom. The minimum absolute atomic E-state index is 0.182. The molecule has 1 aliphatic rings. The van der Waals surface area contributed by atoms with E-state index in [1.54, 1.807) is 20.8 Å². The highest BCUT2D eigenvalue weighted by atomic mass is 16.6. The first-order valence-electron chi connectivity index (χ1n) is 6.54. The van der Waals surface area contributed by atoms with Crippen molar-refractivity contribution in [2.24, 2.45) is 5.92 Å². The molecule has 1 amide bonds. The second kappa shape index (κ2) is 6.49. The normalized spacial score (nSPS) is 20.6. The summed E-state index contributed by atoms with van der Waals surface area (Å²) in [4.78, 5) is 37.6. The van der Waals surface area contributed by atoms with Crippen molar-refractivity contribution in [1.29, 1.82) is 5.53 Å². The molecule has 0 heterocycles. The molecule has 0 atom stereocenters. The van der Waals surface area contributed by atoms with Crippen molar-refractivity contribution < 1.29 is 28.6 Å². The number of hydrogen-bond acceptors (Lipinski definition) is 6. The van der Waals surface area contributed by atoms with Gasteiger partial charge in [0.1, 0.15) is 5.60 Å². The van der Waals surface area contributed by atoms with Gasteiger partial charge in [0.15, 0.2) is 0 Å². The molecular weight excluding hydrogens is 278 g/mol. The highest BCUT2D eigenvalue weighted by Gasteiger charge is 2.45. The number of esters is 1. The molecule has 116 valence electrons. The second-order valence-electron chi connectivity index (χ2n) is 5.83. The number of methoxy groups -OCH3 is 1. The van der Waals surface area contributed by atoms with E-state index in [2.05, 4.69) is 14.8 Å². The Balaban J connectivity index is 2.46. The number of hydrogen-bond donors (Lipinski definition) is 2. The van der Waals surface area contributed by atoms with Crippen LogP contribution < -0.4 is 5.32 Å². The molecule has 0 spiro atoms. The van der Waals surface area contributed by atoms with E-state index in [0.29, 0.717) is 12.8 Å². The monoisotopic (exact) mass is 298 g/mol. The van der Waals surface area contributed by atoms with Gasteiger partial charge in [0, 0.05) is 12.0 Å². The van der Waals surface area contributed by atoms with Gasteiger partial charge in [0.05, 0.1) is 17.4 Å². The highest BCUT2D eigenvalue weighted by Crippen LogP contribution is 2.28. The maximum atomic E-state index is 11.9. The van der Waals surface area contributed by atoms with Gasteiger partial charge in [-0.05, 0) is 33.6 Å². The van der Waals surface area contributed by atoms with E-state index in [1.165, 1.54) is 0 Å². The van der Waals surface area contributed by atoms with Gasteiger partial charge >= 0.3 is 17.8 Å². The summed E-state index contributed by atoms with van der Waals surface area (Å²) in [6, 6.07) is -0.182. The van der Waals surface area contributed by atoms with Crippen LogP contribution in [-0.2, 0) is 19.1 Å². The fourth-order valence-corrected chi connectivity index (χ4v) is 1.92. The number of ketones is 1. The fraction of sp³-hybridized carbons (Fsp3) is 0.692. The van der Waals surface area contributed by atoms with Crippen molar-refractivity contribution in [2.75, 3.05) is 7.11 Å². The van der Waals surface area contributed by atoms with Gasteiger partial charge in [-0.3, -0.25) is 4.79 Å². The molecule has 0 aromatic carbocycles. The summed E-state index contributed by atoms with van der Waals surface area (Å²) >= 11 is 0. The zero-order chi connectivity index (χ0) is 16.2. The van der Waals surface area contributed by atoms with E-state index in [9.17, 15) is 14.4 Å². The number of Topliss-reactive ketones (excluding diaryl/α,β-unsaturated/α-hetero) is 1. The number of carbonyl (C=O) groups is 3. The van der Waals surface area contributed by atoms with Crippen LogP contribution in [0.1, 0.15) is 33.6 Å². The van der Waals surface area contributed by atoms with Crippen LogP contribution in [0.5, 0.6) is 0 Å². The number of amides is 1. The maximum Gasteiger partial charge on any atom is 0.490 e. The summed E-state index contributed by atoms with van der Waals surface area (Å²) in [6.45, 7) is 5.27. The van der Waals surface area contributed by atoms with Gasteiger partial charge in [-0.2, -0.15) is 0 Å². The highest BCUT2D eigenvalue weighted by molar-refractivity contribution is 6.62. The van der Waals surface area contributed by atoms with Crippen LogP contribution in [0.3, 0.4) is 0 Å². The lowest BCUT2D eigenvalue weighted by atomic mass is 9.76. The number of nitrogens with zero attached hydrogens (tertiary/aromatic N) is 1. The molecule has 0 radical (unpaired) electrons. The quantitative estimate of drug-likeness (QED) is 0.260.